The van der Waals surface area contributed by atoms with Crippen molar-refractivity contribution in [3.05, 3.63) is 0 Å². The van der Waals surface area contributed by atoms with Gasteiger partial charge >= 0.3 is 16.4 Å². The third-order valence-corrected chi connectivity index (χ3v) is 2.13. The van der Waals surface area contributed by atoms with Gasteiger partial charge in [-0.05, 0) is 19.8 Å². The average Bonchev–Trinajstić information content (AvgIpc) is 2.24. The first-order chi connectivity index (χ1) is 7.76. The van der Waals surface area contributed by atoms with Crippen molar-refractivity contribution in [3.63, 3.8) is 0 Å². The molecule has 104 valence electrons. The normalized spacial score (nSPS) is 12.5. The minimum atomic E-state index is -3.71. The van der Waals surface area contributed by atoms with Gasteiger partial charge in [-0.3, -0.25) is 0 Å². The number of carbonyl (C=O) groups is 1. The third-order valence-electron chi connectivity index (χ3n) is 1.22. The van der Waals surface area contributed by atoms with Gasteiger partial charge in [0.05, 0.1) is 13.2 Å². The minimum absolute atomic E-state index is 0.187. The summed E-state index contributed by atoms with van der Waals surface area (Å²) in [6.45, 7) is 5.23. The highest BCUT2D eigenvalue weighted by atomic mass is 32.3. The number of rotatable bonds is 7. The van der Waals surface area contributed by atoms with Crippen LogP contribution in [0.2, 0.25) is 0 Å². The van der Waals surface area contributed by atoms with Crippen molar-refractivity contribution in [2.45, 2.75) is 39.7 Å². The van der Waals surface area contributed by atoms with Crippen LogP contribution >= 0.6 is 0 Å². The summed E-state index contributed by atoms with van der Waals surface area (Å²) >= 11 is 0. The Hall–Kier alpha value is -0.700. The Morgan fingerprint density at radius 3 is 1.65 bits per heavy atom. The first kappa shape index (κ1) is 18.7. The molecule has 2 N–H and O–H groups in total. The molecule has 0 aromatic rings. The summed E-state index contributed by atoms with van der Waals surface area (Å²) in [7, 11) is -3.71. The first-order valence-electron chi connectivity index (χ1n) is 5.21. The van der Waals surface area contributed by atoms with E-state index in [1.165, 1.54) is 6.92 Å². The quantitative estimate of drug-likeness (QED) is 0.695. The first-order valence-corrected chi connectivity index (χ1v) is 6.54. The molecule has 0 saturated heterocycles. The maximum atomic E-state index is 10.7. The fraction of sp³-hybridized carbons (Fsp3) is 0.889. The zero-order valence-corrected chi connectivity index (χ0v) is 11.1. The molecule has 7 nitrogen and oxygen atoms in total. The third kappa shape index (κ3) is 15.3. The summed E-state index contributed by atoms with van der Waals surface area (Å²) in [6.07, 6.45) is 0.0914. The van der Waals surface area contributed by atoms with Gasteiger partial charge in [0.1, 0.15) is 6.10 Å². The second kappa shape index (κ2) is 10.5. The van der Waals surface area contributed by atoms with Crippen molar-refractivity contribution in [2.24, 2.45) is 0 Å². The lowest BCUT2D eigenvalue weighted by molar-refractivity contribution is -0.145. The lowest BCUT2D eigenvalue weighted by Gasteiger charge is -2.02. The monoisotopic (exact) mass is 272 g/mol. The molecule has 1 atom stereocenters. The Balaban J connectivity index is 0. The molecule has 17 heavy (non-hydrogen) atoms. The number of aliphatic hydroxyl groups excluding tert-OH is 1. The Kier molecular flexibility index (Phi) is 11.5. The highest BCUT2D eigenvalue weighted by Crippen LogP contribution is 1.97. The minimum Gasteiger partial charge on any atom is -0.479 e. The highest BCUT2D eigenvalue weighted by molar-refractivity contribution is 7.81. The maximum absolute atomic E-state index is 10.7. The Bertz CT molecular complexity index is 270. The molecule has 0 aromatic carbocycles. The molecule has 0 bridgehead atoms. The lowest BCUT2D eigenvalue weighted by atomic mass is 10.4. The number of hydrogen-bond donors (Lipinski definition) is 2. The van der Waals surface area contributed by atoms with E-state index in [-0.39, 0.29) is 13.2 Å². The van der Waals surface area contributed by atoms with Gasteiger partial charge in [-0.15, -0.1) is 0 Å². The average molecular weight is 272 g/mol. The van der Waals surface area contributed by atoms with Crippen LogP contribution < -0.4 is 0 Å². The fourth-order valence-electron chi connectivity index (χ4n) is 0.405. The largest absolute Gasteiger partial charge is 0.479 e. The van der Waals surface area contributed by atoms with Gasteiger partial charge in [0.25, 0.3) is 0 Å². The van der Waals surface area contributed by atoms with Crippen LogP contribution in [0.15, 0.2) is 0 Å². The van der Waals surface area contributed by atoms with Crippen LogP contribution in [-0.2, 0) is 23.6 Å². The SMILES string of the molecule is CC(O)C(=O)O.CCCOS(=O)(=O)OCCC. The van der Waals surface area contributed by atoms with E-state index in [0.717, 1.165) is 0 Å². The predicted molar refractivity (Wildman–Crippen MR) is 60.7 cm³/mol. The zero-order chi connectivity index (χ0) is 13.9. The summed E-state index contributed by atoms with van der Waals surface area (Å²) in [5, 5.41) is 15.8. The van der Waals surface area contributed by atoms with Crippen molar-refractivity contribution in [3.8, 4) is 0 Å². The molecule has 0 amide bonds. The molecule has 0 rings (SSSR count). The number of hydrogen-bond acceptors (Lipinski definition) is 6. The van der Waals surface area contributed by atoms with Crippen LogP contribution in [0.3, 0.4) is 0 Å². The smallest absolute Gasteiger partial charge is 0.399 e. The molecule has 8 heteroatoms. The number of aliphatic hydroxyl groups is 1. The summed E-state index contributed by atoms with van der Waals surface area (Å²) in [5.74, 6) is -1.19. The van der Waals surface area contributed by atoms with Crippen LogP contribution in [-0.4, -0.2) is 43.9 Å². The summed E-state index contributed by atoms with van der Waals surface area (Å²) in [6, 6.07) is 0. The van der Waals surface area contributed by atoms with Crippen molar-refractivity contribution in [1.82, 2.24) is 0 Å². The van der Waals surface area contributed by atoms with Gasteiger partial charge in [0, 0.05) is 0 Å². The van der Waals surface area contributed by atoms with E-state index >= 15 is 0 Å². The zero-order valence-electron chi connectivity index (χ0n) is 10.2. The van der Waals surface area contributed by atoms with Gasteiger partial charge in [0.2, 0.25) is 0 Å². The standard InChI is InChI=1S/C6H14O4S.C3H6O3/c1-3-5-9-11(7,8)10-6-4-2;1-2(4)3(5)6/h3-6H2,1-2H3;2,4H,1H3,(H,5,6). The fourth-order valence-corrected chi connectivity index (χ4v) is 1.21. The Morgan fingerprint density at radius 1 is 1.18 bits per heavy atom. The molecule has 0 heterocycles. The summed E-state index contributed by atoms with van der Waals surface area (Å²) in [4.78, 5) is 9.45. The van der Waals surface area contributed by atoms with Crippen LogP contribution in [0, 0.1) is 0 Å². The van der Waals surface area contributed by atoms with E-state index in [4.69, 9.17) is 10.2 Å². The van der Waals surface area contributed by atoms with E-state index in [0.29, 0.717) is 12.8 Å². The van der Waals surface area contributed by atoms with Crippen molar-refractivity contribution in [2.75, 3.05) is 13.2 Å². The Labute approximate surface area is 102 Å². The molecule has 0 aliphatic carbocycles. The molecule has 0 spiro atoms. The van der Waals surface area contributed by atoms with Crippen molar-refractivity contribution in [1.29, 1.82) is 0 Å². The molecule has 1 unspecified atom stereocenters. The number of carboxylic acids is 1. The number of carboxylic acid groups (broad SMARTS) is 1. The number of aliphatic carboxylic acids is 1. The van der Waals surface area contributed by atoms with Gasteiger partial charge in [-0.25, -0.2) is 13.2 Å². The molecule has 0 radical (unpaired) electrons. The molecule has 0 fully saturated rings. The van der Waals surface area contributed by atoms with E-state index in [1.54, 1.807) is 0 Å². The molecule has 0 aliphatic rings. The predicted octanol–water partition coefficient (Wildman–Crippen LogP) is 0.536. The van der Waals surface area contributed by atoms with Crippen LogP contribution in [0.5, 0.6) is 0 Å². The van der Waals surface area contributed by atoms with Crippen LogP contribution in [0.4, 0.5) is 0 Å². The maximum Gasteiger partial charge on any atom is 0.399 e. The van der Waals surface area contributed by atoms with Gasteiger partial charge in [-0.1, -0.05) is 13.8 Å². The molecular formula is C9H20O7S. The summed E-state index contributed by atoms with van der Waals surface area (Å²) < 4.78 is 30.3. The van der Waals surface area contributed by atoms with Crippen LogP contribution in [0.1, 0.15) is 33.6 Å². The topological polar surface area (TPSA) is 110 Å². The molecule has 0 saturated carbocycles. The summed E-state index contributed by atoms with van der Waals surface area (Å²) in [5.41, 5.74) is 0. The molecule has 0 aliphatic heterocycles. The van der Waals surface area contributed by atoms with E-state index in [2.05, 4.69) is 8.37 Å². The van der Waals surface area contributed by atoms with Crippen molar-refractivity contribution < 1.29 is 31.8 Å². The van der Waals surface area contributed by atoms with E-state index < -0.39 is 22.5 Å². The Morgan fingerprint density at radius 2 is 1.47 bits per heavy atom. The van der Waals surface area contributed by atoms with E-state index in [9.17, 15) is 13.2 Å². The molecule has 0 aromatic heterocycles. The van der Waals surface area contributed by atoms with Gasteiger partial charge in [0.15, 0.2) is 0 Å². The van der Waals surface area contributed by atoms with Gasteiger partial charge in [-0.2, -0.15) is 8.42 Å². The van der Waals surface area contributed by atoms with Crippen LogP contribution in [0.25, 0.3) is 0 Å². The highest BCUT2D eigenvalue weighted by Gasteiger charge is 2.09. The van der Waals surface area contributed by atoms with E-state index in [1.807, 2.05) is 13.8 Å². The van der Waals surface area contributed by atoms with Gasteiger partial charge < -0.3 is 10.2 Å². The molecular weight excluding hydrogens is 252 g/mol. The van der Waals surface area contributed by atoms with Crippen molar-refractivity contribution >= 4 is 16.4 Å². The lowest BCUT2D eigenvalue weighted by Crippen LogP contribution is -2.13. The second-order valence-electron chi connectivity index (χ2n) is 3.07. The second-order valence-corrected chi connectivity index (χ2v) is 4.35.